The molecule has 1 aromatic carbocycles. The molecule has 1 saturated heterocycles. The lowest BCUT2D eigenvalue weighted by Crippen LogP contribution is -2.41. The van der Waals surface area contributed by atoms with Gasteiger partial charge in [0.25, 0.3) is 0 Å². The molecule has 0 aliphatic carbocycles. The van der Waals surface area contributed by atoms with Crippen molar-refractivity contribution in [3.63, 3.8) is 0 Å². The minimum atomic E-state index is -0.431. The van der Waals surface area contributed by atoms with Gasteiger partial charge in [-0.25, -0.2) is 0 Å². The molecule has 1 aromatic rings. The summed E-state index contributed by atoms with van der Waals surface area (Å²) < 4.78 is 0. The summed E-state index contributed by atoms with van der Waals surface area (Å²) in [5.74, 6) is 0.433. The molecule has 4 N–H and O–H groups in total. The van der Waals surface area contributed by atoms with Gasteiger partial charge >= 0.3 is 0 Å². The number of nitrogens with two attached hydrogens (primary N) is 1. The maximum absolute atomic E-state index is 11.1. The number of likely N-dealkylation sites (tertiary alicyclic amines) is 1. The average molecular weight is 364 g/mol. The number of carbonyl (C=O) groups is 1. The predicted molar refractivity (Wildman–Crippen MR) is 97.1 cm³/mol. The molecule has 0 saturated carbocycles. The Balaban J connectivity index is 0.00000242. The molecule has 1 amide bonds. The molecule has 2 rings (SSSR count). The summed E-state index contributed by atoms with van der Waals surface area (Å²) in [4.78, 5) is 13.4. The van der Waals surface area contributed by atoms with Crippen LogP contribution < -0.4 is 11.1 Å². The minimum absolute atomic E-state index is 0. The second kappa shape index (κ2) is 11.6. The molecule has 0 bridgehead atoms. The van der Waals surface area contributed by atoms with Crippen molar-refractivity contribution >= 4 is 30.7 Å². The number of hydrogen-bond donors (Lipinski definition) is 3. The van der Waals surface area contributed by atoms with Crippen molar-refractivity contribution in [3.05, 3.63) is 35.9 Å². The van der Waals surface area contributed by atoms with Gasteiger partial charge in [0.05, 0.1) is 12.6 Å². The first-order chi connectivity index (χ1) is 10.2. The van der Waals surface area contributed by atoms with Crippen molar-refractivity contribution in [2.45, 2.75) is 18.9 Å². The molecule has 1 aliphatic rings. The summed E-state index contributed by atoms with van der Waals surface area (Å²) in [7, 11) is 0. The van der Waals surface area contributed by atoms with Gasteiger partial charge in [-0.05, 0) is 37.4 Å². The molecule has 7 heteroatoms. The van der Waals surface area contributed by atoms with Crippen LogP contribution in [0.3, 0.4) is 0 Å². The van der Waals surface area contributed by atoms with Crippen molar-refractivity contribution in [1.29, 1.82) is 0 Å². The van der Waals surface area contributed by atoms with Gasteiger partial charge in [-0.1, -0.05) is 30.3 Å². The first-order valence-electron chi connectivity index (χ1n) is 7.61. The summed E-state index contributed by atoms with van der Waals surface area (Å²) in [5, 5.41) is 13.1. The normalized spacial score (nSPS) is 16.8. The Labute approximate surface area is 150 Å². The molecule has 1 atom stereocenters. The lowest BCUT2D eigenvalue weighted by atomic mass is 9.96. The van der Waals surface area contributed by atoms with E-state index < -0.39 is 6.10 Å². The van der Waals surface area contributed by atoms with E-state index in [1.165, 1.54) is 0 Å². The zero-order valence-electron chi connectivity index (χ0n) is 13.2. The van der Waals surface area contributed by atoms with Crippen molar-refractivity contribution < 1.29 is 9.90 Å². The number of carbonyl (C=O) groups excluding carboxylic acids is 1. The van der Waals surface area contributed by atoms with Gasteiger partial charge < -0.3 is 21.1 Å². The number of nitrogens with one attached hydrogen (secondary N) is 1. The highest BCUT2D eigenvalue weighted by molar-refractivity contribution is 5.85. The topological polar surface area (TPSA) is 78.6 Å². The van der Waals surface area contributed by atoms with E-state index >= 15 is 0 Å². The fourth-order valence-corrected chi connectivity index (χ4v) is 2.73. The number of aliphatic hydroxyl groups is 1. The number of rotatable bonds is 6. The van der Waals surface area contributed by atoms with Crippen LogP contribution in [0.1, 0.15) is 24.5 Å². The Morgan fingerprint density at radius 2 is 1.87 bits per heavy atom. The lowest BCUT2D eigenvalue weighted by Gasteiger charge is -2.33. The molecule has 1 aliphatic heterocycles. The quantitative estimate of drug-likeness (QED) is 0.712. The maximum atomic E-state index is 11.1. The van der Waals surface area contributed by atoms with Crippen LogP contribution in [0.25, 0.3) is 0 Å². The van der Waals surface area contributed by atoms with Crippen LogP contribution in [-0.4, -0.2) is 48.6 Å². The number of amides is 1. The Bertz CT molecular complexity index is 440. The van der Waals surface area contributed by atoms with E-state index in [2.05, 4.69) is 10.2 Å². The molecule has 1 fully saturated rings. The Hall–Kier alpha value is -0.850. The van der Waals surface area contributed by atoms with Crippen molar-refractivity contribution in [2.24, 2.45) is 11.7 Å². The third-order valence-electron chi connectivity index (χ3n) is 4.10. The van der Waals surface area contributed by atoms with E-state index in [9.17, 15) is 9.90 Å². The third kappa shape index (κ3) is 7.50. The van der Waals surface area contributed by atoms with E-state index in [1.54, 1.807) is 0 Å². The van der Waals surface area contributed by atoms with Crippen molar-refractivity contribution in [1.82, 2.24) is 10.2 Å². The number of piperidine rings is 1. The summed E-state index contributed by atoms with van der Waals surface area (Å²) in [6.45, 7) is 3.37. The highest BCUT2D eigenvalue weighted by Gasteiger charge is 2.21. The number of hydrogen-bond acceptors (Lipinski definition) is 4. The Morgan fingerprint density at radius 1 is 1.26 bits per heavy atom. The summed E-state index contributed by atoms with van der Waals surface area (Å²) in [6, 6.07) is 9.77. The smallest absolute Gasteiger partial charge is 0.233 e. The van der Waals surface area contributed by atoms with Crippen LogP contribution >= 0.6 is 24.8 Å². The van der Waals surface area contributed by atoms with E-state index in [0.717, 1.165) is 31.5 Å². The molecular weight excluding hydrogens is 337 g/mol. The molecule has 5 nitrogen and oxygen atoms in total. The van der Waals surface area contributed by atoms with Gasteiger partial charge in [-0.15, -0.1) is 24.8 Å². The highest BCUT2D eigenvalue weighted by Crippen LogP contribution is 2.20. The minimum Gasteiger partial charge on any atom is -0.387 e. The standard InChI is InChI=1S/C16H25N3O2.2ClH/c17-10-16(21)18-11-13-6-8-19(9-7-13)12-15(20)14-4-2-1-3-5-14;;/h1-5,13,15,20H,6-12,17H2,(H,18,21);2*1H. The van der Waals surface area contributed by atoms with Crippen LogP contribution in [0.5, 0.6) is 0 Å². The van der Waals surface area contributed by atoms with Crippen molar-refractivity contribution in [3.8, 4) is 0 Å². The Morgan fingerprint density at radius 3 is 2.43 bits per heavy atom. The van der Waals surface area contributed by atoms with Crippen LogP contribution in [0.4, 0.5) is 0 Å². The van der Waals surface area contributed by atoms with Gasteiger partial charge in [-0.2, -0.15) is 0 Å². The van der Waals surface area contributed by atoms with E-state index in [1.807, 2.05) is 30.3 Å². The SMILES string of the molecule is Cl.Cl.NCC(=O)NCC1CCN(CC(O)c2ccccc2)CC1. The number of benzene rings is 1. The van der Waals surface area contributed by atoms with Crippen molar-refractivity contribution in [2.75, 3.05) is 32.7 Å². The zero-order valence-corrected chi connectivity index (χ0v) is 14.8. The summed E-state index contributed by atoms with van der Waals surface area (Å²) in [6.07, 6.45) is 1.67. The fraction of sp³-hybridized carbons (Fsp3) is 0.562. The van der Waals surface area contributed by atoms with E-state index in [0.29, 0.717) is 19.0 Å². The molecule has 1 heterocycles. The maximum Gasteiger partial charge on any atom is 0.233 e. The van der Waals surface area contributed by atoms with Crippen LogP contribution in [0.15, 0.2) is 30.3 Å². The lowest BCUT2D eigenvalue weighted by molar-refractivity contribution is -0.120. The molecule has 1 unspecified atom stereocenters. The van der Waals surface area contributed by atoms with Crippen LogP contribution in [0, 0.1) is 5.92 Å². The number of aliphatic hydroxyl groups excluding tert-OH is 1. The average Bonchev–Trinajstić information content (AvgIpc) is 2.54. The van der Waals surface area contributed by atoms with Gasteiger partial charge in [0.2, 0.25) is 5.91 Å². The van der Waals surface area contributed by atoms with Gasteiger partial charge in [-0.3, -0.25) is 4.79 Å². The van der Waals surface area contributed by atoms with Crippen LogP contribution in [0.2, 0.25) is 0 Å². The third-order valence-corrected chi connectivity index (χ3v) is 4.10. The van der Waals surface area contributed by atoms with Gasteiger partial charge in [0.15, 0.2) is 0 Å². The molecule has 0 aromatic heterocycles. The molecule has 132 valence electrons. The second-order valence-corrected chi connectivity index (χ2v) is 5.68. The summed E-state index contributed by atoms with van der Waals surface area (Å²) in [5.41, 5.74) is 6.24. The van der Waals surface area contributed by atoms with Gasteiger partial charge in [0, 0.05) is 13.1 Å². The predicted octanol–water partition coefficient (Wildman–Crippen LogP) is 1.35. The van der Waals surface area contributed by atoms with Crippen LogP contribution in [-0.2, 0) is 4.79 Å². The fourth-order valence-electron chi connectivity index (χ4n) is 2.73. The second-order valence-electron chi connectivity index (χ2n) is 5.68. The van der Waals surface area contributed by atoms with Gasteiger partial charge in [0.1, 0.15) is 0 Å². The first kappa shape index (κ1) is 22.1. The Kier molecular flexibility index (Phi) is 11.2. The first-order valence-corrected chi connectivity index (χ1v) is 7.61. The highest BCUT2D eigenvalue weighted by atomic mass is 35.5. The molecule has 23 heavy (non-hydrogen) atoms. The van der Waals surface area contributed by atoms with E-state index in [-0.39, 0.29) is 37.3 Å². The largest absolute Gasteiger partial charge is 0.387 e. The number of β-amino-alcohol motifs (C(OH)–C–C–N with tert-alkyl or cyclic N) is 1. The molecule has 0 radical (unpaired) electrons. The number of halogens is 2. The van der Waals surface area contributed by atoms with E-state index in [4.69, 9.17) is 5.73 Å². The number of nitrogens with zero attached hydrogens (tertiary/aromatic N) is 1. The summed E-state index contributed by atoms with van der Waals surface area (Å²) >= 11 is 0. The molecular formula is C16H27Cl2N3O2. The molecule has 0 spiro atoms. The zero-order chi connectivity index (χ0) is 15.1. The monoisotopic (exact) mass is 363 g/mol.